The molecule has 0 aromatic rings. The van der Waals surface area contributed by atoms with Crippen molar-refractivity contribution < 1.29 is 28.9 Å². The number of fused-ring (bicyclic) bond motifs is 5. The van der Waals surface area contributed by atoms with E-state index in [2.05, 4.69) is 13.8 Å². The van der Waals surface area contributed by atoms with Gasteiger partial charge in [-0.05, 0) is 74.9 Å². The molecule has 186 valence electrons. The molecule has 1 aliphatic heterocycles. The molecule has 1 saturated heterocycles. The van der Waals surface area contributed by atoms with E-state index in [9.17, 15) is 14.7 Å². The number of Topliss-reactive ketones (excluding diaryl/α,β-unsaturated/α-hetero) is 1. The zero-order valence-corrected chi connectivity index (χ0v) is 21.1. The minimum absolute atomic E-state index is 0.0322. The Kier molecular flexibility index (Phi) is 4.51. The van der Waals surface area contributed by atoms with Gasteiger partial charge in [-0.1, -0.05) is 26.0 Å². The number of hydrogen-bond donors (Lipinski definition) is 1. The van der Waals surface area contributed by atoms with Gasteiger partial charge in [0.2, 0.25) is 0 Å². The van der Waals surface area contributed by atoms with Crippen LogP contribution in [0.4, 0.5) is 4.79 Å². The average molecular weight is 472 g/mol. The van der Waals surface area contributed by atoms with Gasteiger partial charge >= 0.3 is 6.09 Å². The Morgan fingerprint density at radius 1 is 1.21 bits per heavy atom. The molecule has 2 bridgehead atoms. The van der Waals surface area contributed by atoms with Crippen molar-refractivity contribution in [3.05, 3.63) is 23.3 Å². The van der Waals surface area contributed by atoms with E-state index >= 15 is 0 Å². The van der Waals surface area contributed by atoms with Gasteiger partial charge < -0.3 is 24.2 Å². The molecule has 1 heterocycles. The Labute approximate surface area is 201 Å². The van der Waals surface area contributed by atoms with Crippen LogP contribution in [0.1, 0.15) is 60.3 Å². The maximum atomic E-state index is 14.4. The lowest BCUT2D eigenvalue weighted by Gasteiger charge is -2.51. The summed E-state index contributed by atoms with van der Waals surface area (Å²) in [4.78, 5) is 29.1. The van der Waals surface area contributed by atoms with Gasteiger partial charge in [0.15, 0.2) is 23.3 Å². The van der Waals surface area contributed by atoms with Gasteiger partial charge in [0.1, 0.15) is 6.10 Å². The van der Waals surface area contributed by atoms with Crippen LogP contribution in [0.3, 0.4) is 0 Å². The Morgan fingerprint density at radius 2 is 1.91 bits per heavy atom. The molecule has 6 rings (SSSR count). The molecule has 7 heteroatoms. The summed E-state index contributed by atoms with van der Waals surface area (Å²) in [6.45, 7) is 10.3. The third-order valence-electron chi connectivity index (χ3n) is 9.84. The first-order valence-electron chi connectivity index (χ1n) is 12.8. The van der Waals surface area contributed by atoms with Crippen molar-refractivity contribution in [2.75, 3.05) is 13.7 Å². The maximum absolute atomic E-state index is 14.4. The molecule has 0 aromatic heterocycles. The fourth-order valence-corrected chi connectivity index (χ4v) is 7.71. The van der Waals surface area contributed by atoms with Crippen molar-refractivity contribution in [2.24, 2.45) is 28.6 Å². The van der Waals surface area contributed by atoms with Crippen molar-refractivity contribution in [2.45, 2.75) is 89.9 Å². The predicted octanol–water partition coefficient (Wildman–Crippen LogP) is 3.61. The molecule has 0 unspecified atom stereocenters. The quantitative estimate of drug-likeness (QED) is 0.620. The third kappa shape index (κ3) is 2.80. The van der Waals surface area contributed by atoms with E-state index in [1.165, 1.54) is 0 Å². The van der Waals surface area contributed by atoms with Gasteiger partial charge in [-0.15, -0.1) is 0 Å². The van der Waals surface area contributed by atoms with Crippen LogP contribution in [0.15, 0.2) is 23.3 Å². The molecule has 1 amide bonds. The average Bonchev–Trinajstić information content (AvgIpc) is 3.67. The number of hydrogen-bond acceptors (Lipinski definition) is 6. The summed E-state index contributed by atoms with van der Waals surface area (Å²) in [5.41, 5.74) is -1.30. The van der Waals surface area contributed by atoms with E-state index < -0.39 is 35.1 Å². The molecule has 3 saturated carbocycles. The predicted molar refractivity (Wildman–Crippen MR) is 124 cm³/mol. The fourth-order valence-electron chi connectivity index (χ4n) is 7.71. The molecule has 34 heavy (non-hydrogen) atoms. The van der Waals surface area contributed by atoms with Crippen LogP contribution in [-0.2, 0) is 19.0 Å². The zero-order valence-electron chi connectivity index (χ0n) is 21.1. The third-order valence-corrected chi connectivity index (χ3v) is 9.84. The molecule has 1 N–H and O–H groups in total. The first-order valence-corrected chi connectivity index (χ1v) is 12.8. The van der Waals surface area contributed by atoms with E-state index in [4.69, 9.17) is 14.2 Å². The van der Waals surface area contributed by atoms with Crippen molar-refractivity contribution in [3.8, 4) is 0 Å². The van der Waals surface area contributed by atoms with E-state index in [1.807, 2.05) is 32.9 Å². The smallest absolute Gasteiger partial charge is 0.410 e. The second kappa shape index (κ2) is 6.74. The highest BCUT2D eigenvalue weighted by molar-refractivity contribution is 5.95. The topological polar surface area (TPSA) is 85.3 Å². The van der Waals surface area contributed by atoms with Crippen LogP contribution in [0.5, 0.6) is 0 Å². The lowest BCUT2D eigenvalue weighted by molar-refractivity contribution is -0.300. The molecule has 0 aromatic carbocycles. The Balaban J connectivity index is 1.48. The molecule has 1 spiro atoms. The number of carbonyl (C=O) groups is 2. The summed E-state index contributed by atoms with van der Waals surface area (Å²) in [5, 5.41) is 12.8. The highest BCUT2D eigenvalue weighted by Gasteiger charge is 2.75. The second-order valence-corrected chi connectivity index (χ2v) is 12.6. The summed E-state index contributed by atoms with van der Waals surface area (Å²) in [7, 11) is 1.74. The van der Waals surface area contributed by atoms with Crippen molar-refractivity contribution >= 4 is 11.9 Å². The van der Waals surface area contributed by atoms with Gasteiger partial charge in [-0.25, -0.2) is 4.79 Å². The van der Waals surface area contributed by atoms with Crippen LogP contribution in [-0.4, -0.2) is 65.2 Å². The number of ether oxygens (including phenoxy) is 3. The second-order valence-electron chi connectivity index (χ2n) is 12.6. The number of allylic oxidation sites excluding steroid dienone is 1. The Bertz CT molecular complexity index is 1020. The maximum Gasteiger partial charge on any atom is 0.410 e. The van der Waals surface area contributed by atoms with E-state index in [0.717, 1.165) is 30.4 Å². The molecule has 6 aliphatic rings. The van der Waals surface area contributed by atoms with Crippen LogP contribution in [0, 0.1) is 28.6 Å². The van der Waals surface area contributed by atoms with Gasteiger partial charge in [0.05, 0.1) is 12.0 Å². The summed E-state index contributed by atoms with van der Waals surface area (Å²) >= 11 is 0. The van der Waals surface area contributed by atoms with Gasteiger partial charge in [-0.3, -0.25) is 4.79 Å². The Morgan fingerprint density at radius 3 is 2.59 bits per heavy atom. The van der Waals surface area contributed by atoms with Crippen molar-refractivity contribution in [1.82, 2.24) is 4.90 Å². The minimum Gasteiger partial charge on any atom is -0.438 e. The number of aliphatic hydroxyl groups is 1. The molecule has 7 nitrogen and oxygen atoms in total. The van der Waals surface area contributed by atoms with E-state index in [1.54, 1.807) is 11.9 Å². The number of ketones is 1. The summed E-state index contributed by atoms with van der Waals surface area (Å²) in [5.74, 6) is -0.550. The van der Waals surface area contributed by atoms with Crippen LogP contribution >= 0.6 is 0 Å². The van der Waals surface area contributed by atoms with E-state index in [0.29, 0.717) is 12.3 Å². The molecular weight excluding hydrogens is 434 g/mol. The van der Waals surface area contributed by atoms with Crippen LogP contribution in [0.2, 0.25) is 0 Å². The van der Waals surface area contributed by atoms with Crippen molar-refractivity contribution in [3.63, 3.8) is 0 Å². The normalized spacial score (nSPS) is 45.5. The lowest BCUT2D eigenvalue weighted by Crippen LogP contribution is -2.67. The van der Waals surface area contributed by atoms with Crippen molar-refractivity contribution in [1.29, 1.82) is 0 Å². The van der Waals surface area contributed by atoms with Gasteiger partial charge in [0.25, 0.3) is 0 Å². The number of amides is 1. The first kappa shape index (κ1) is 22.7. The van der Waals surface area contributed by atoms with Crippen LogP contribution < -0.4 is 0 Å². The molecule has 7 atom stereocenters. The fraction of sp³-hybridized carbons (Fsp3) is 0.778. The zero-order chi connectivity index (χ0) is 24.4. The first-order chi connectivity index (χ1) is 15.8. The van der Waals surface area contributed by atoms with Gasteiger partial charge in [0, 0.05) is 19.0 Å². The standard InChI is InChI=1S/C27H37NO6/c1-14-12-26-10-9-18-19(24(18,2)3)17(20(26)29)11-15-13-32-25(4,5)34-22(15)27(26,31)21(14)33-23(30)28(6)16-7-8-16/h11-12,16-19,21-22,31H,7-10,13H2,1-6H3/t17-,18+,19+,21-,22+,26+,27+/m0/s1. The number of carbonyl (C=O) groups excluding carboxylic acids is 2. The summed E-state index contributed by atoms with van der Waals surface area (Å²) in [6, 6.07) is 0.183. The monoisotopic (exact) mass is 471 g/mol. The number of nitrogens with zero attached hydrogens (tertiary/aromatic N) is 1. The molecule has 4 fully saturated rings. The molecule has 5 aliphatic carbocycles. The summed E-state index contributed by atoms with van der Waals surface area (Å²) in [6.07, 6.45) is 5.00. The van der Waals surface area contributed by atoms with Crippen LogP contribution in [0.25, 0.3) is 0 Å². The number of rotatable bonds is 2. The lowest BCUT2D eigenvalue weighted by atomic mass is 9.63. The largest absolute Gasteiger partial charge is 0.438 e. The highest BCUT2D eigenvalue weighted by atomic mass is 16.7. The Hall–Kier alpha value is -1.70. The molecule has 0 radical (unpaired) electrons. The van der Waals surface area contributed by atoms with E-state index in [-0.39, 0.29) is 35.7 Å². The SMILES string of the molecule is CC1=C[C@@]23CC[C@@H]4[C@@H]([C@H](C=C5COC(C)(C)O[C@H]5[C@]2(O)[C@H]1OC(=O)N(C)C1CC1)C3=O)C4(C)C. The minimum atomic E-state index is -1.73. The highest BCUT2D eigenvalue weighted by Crippen LogP contribution is 2.71. The van der Waals surface area contributed by atoms with Gasteiger partial charge in [-0.2, -0.15) is 0 Å². The molecular formula is C27H37NO6. The summed E-state index contributed by atoms with van der Waals surface area (Å²) < 4.78 is 18.4.